The van der Waals surface area contributed by atoms with Crippen LogP contribution in [-0.4, -0.2) is 24.1 Å². The fraction of sp³-hybridized carbons (Fsp3) is 0.312. The van der Waals surface area contributed by atoms with E-state index >= 15 is 0 Å². The van der Waals surface area contributed by atoms with Crippen molar-refractivity contribution in [3.05, 3.63) is 41.2 Å². The van der Waals surface area contributed by atoms with Crippen molar-refractivity contribution in [2.75, 3.05) is 12.4 Å². The summed E-state index contributed by atoms with van der Waals surface area (Å²) in [4.78, 5) is 23.0. The molecule has 0 atom stereocenters. The molecule has 22 heavy (non-hydrogen) atoms. The van der Waals surface area contributed by atoms with E-state index in [1.54, 1.807) is 18.2 Å². The van der Waals surface area contributed by atoms with Crippen LogP contribution in [0.4, 0.5) is 5.69 Å². The number of anilines is 1. The number of nitrogens with zero attached hydrogens (tertiary/aromatic N) is 1. The number of allylic oxidation sites excluding steroid dienone is 1. The fourth-order valence-electron chi connectivity index (χ4n) is 1.70. The van der Waals surface area contributed by atoms with Crippen molar-refractivity contribution in [2.24, 2.45) is 0 Å². The molecule has 1 amide bonds. The lowest BCUT2D eigenvalue weighted by atomic mass is 10.1. The van der Waals surface area contributed by atoms with Gasteiger partial charge < -0.3 is 15.2 Å². The van der Waals surface area contributed by atoms with Gasteiger partial charge in [-0.05, 0) is 25.5 Å². The highest BCUT2D eigenvalue weighted by atomic mass is 16.5. The molecule has 6 heteroatoms. The quantitative estimate of drug-likeness (QED) is 0.364. The molecule has 1 aromatic carbocycles. The topological polar surface area (TPSA) is 99.4 Å². The first-order valence-corrected chi connectivity index (χ1v) is 6.75. The number of aryl methyl sites for hydroxylation is 1. The molecular weight excluding hydrogens is 284 g/mol. The molecule has 0 unspecified atom stereocenters. The number of aliphatic hydroxyl groups is 1. The number of benzene rings is 1. The molecule has 0 saturated carbocycles. The maximum Gasteiger partial charge on any atom is 0.305 e. The maximum absolute atomic E-state index is 12.0. The van der Waals surface area contributed by atoms with E-state index < -0.39 is 11.9 Å². The van der Waals surface area contributed by atoms with Crippen LogP contribution in [0.1, 0.15) is 24.8 Å². The number of hydrogen-bond donors (Lipinski definition) is 2. The van der Waals surface area contributed by atoms with E-state index in [2.05, 4.69) is 10.1 Å². The van der Waals surface area contributed by atoms with E-state index in [4.69, 9.17) is 5.26 Å². The van der Waals surface area contributed by atoms with Crippen LogP contribution in [0.2, 0.25) is 0 Å². The third-order valence-corrected chi connectivity index (χ3v) is 2.96. The highest BCUT2D eigenvalue weighted by Gasteiger charge is 2.15. The smallest absolute Gasteiger partial charge is 0.305 e. The van der Waals surface area contributed by atoms with Crippen LogP contribution in [0.25, 0.3) is 0 Å². The van der Waals surface area contributed by atoms with Crippen LogP contribution in [0.5, 0.6) is 0 Å². The van der Waals surface area contributed by atoms with Crippen molar-refractivity contribution < 1.29 is 19.4 Å². The summed E-state index contributed by atoms with van der Waals surface area (Å²) in [6.45, 7) is 1.92. The largest absolute Gasteiger partial charge is 0.511 e. The zero-order valence-electron chi connectivity index (χ0n) is 12.5. The van der Waals surface area contributed by atoms with Crippen LogP contribution >= 0.6 is 0 Å². The van der Waals surface area contributed by atoms with Gasteiger partial charge in [-0.25, -0.2) is 0 Å². The van der Waals surface area contributed by atoms with E-state index in [0.717, 1.165) is 5.56 Å². The number of aliphatic hydroxyl groups excluding tert-OH is 1. The highest BCUT2D eigenvalue weighted by Crippen LogP contribution is 2.14. The highest BCUT2D eigenvalue weighted by molar-refractivity contribution is 6.06. The zero-order chi connectivity index (χ0) is 16.5. The van der Waals surface area contributed by atoms with E-state index in [0.29, 0.717) is 12.1 Å². The number of hydrogen-bond acceptors (Lipinski definition) is 5. The Bertz CT molecular complexity index is 612. The maximum atomic E-state index is 12.0. The van der Waals surface area contributed by atoms with Gasteiger partial charge in [-0.2, -0.15) is 5.26 Å². The summed E-state index contributed by atoms with van der Waals surface area (Å²) in [5, 5.41) is 21.4. The number of carbonyl (C=O) groups is 2. The lowest BCUT2D eigenvalue weighted by molar-refractivity contribution is -0.140. The third-order valence-electron chi connectivity index (χ3n) is 2.96. The molecule has 1 rings (SSSR count). The Kier molecular flexibility index (Phi) is 6.64. The second-order valence-corrected chi connectivity index (χ2v) is 4.68. The van der Waals surface area contributed by atoms with E-state index in [1.807, 2.05) is 19.1 Å². The summed E-state index contributed by atoms with van der Waals surface area (Å²) in [5.74, 6) is -1.42. The molecule has 0 bridgehead atoms. The first kappa shape index (κ1) is 17.2. The molecular formula is C16H18N2O4. The SMILES string of the molecule is COC(=O)CCC/C(O)=C(\C#N)C(=O)Nc1ccc(C)cc1. The van der Waals surface area contributed by atoms with Crippen molar-refractivity contribution in [2.45, 2.75) is 26.2 Å². The molecule has 2 N–H and O–H groups in total. The lowest BCUT2D eigenvalue weighted by Crippen LogP contribution is -2.15. The Labute approximate surface area is 129 Å². The summed E-state index contributed by atoms with van der Waals surface area (Å²) in [7, 11) is 1.27. The number of esters is 1. The van der Waals surface area contributed by atoms with E-state index in [1.165, 1.54) is 7.11 Å². The third kappa shape index (κ3) is 5.29. The minimum absolute atomic E-state index is 0.0549. The molecule has 1 aromatic rings. The van der Waals surface area contributed by atoms with Crippen molar-refractivity contribution in [3.8, 4) is 6.07 Å². The molecule has 0 radical (unpaired) electrons. The van der Waals surface area contributed by atoms with Crippen molar-refractivity contribution >= 4 is 17.6 Å². The van der Waals surface area contributed by atoms with Gasteiger partial charge in [0.1, 0.15) is 11.8 Å². The van der Waals surface area contributed by atoms with Crippen LogP contribution in [0.3, 0.4) is 0 Å². The van der Waals surface area contributed by atoms with Gasteiger partial charge in [-0.1, -0.05) is 17.7 Å². The predicted molar refractivity (Wildman–Crippen MR) is 80.9 cm³/mol. The Morgan fingerprint density at radius 3 is 2.45 bits per heavy atom. The van der Waals surface area contributed by atoms with Crippen LogP contribution < -0.4 is 5.32 Å². The molecule has 116 valence electrons. The summed E-state index contributed by atoms with van der Waals surface area (Å²) >= 11 is 0. The second-order valence-electron chi connectivity index (χ2n) is 4.68. The number of rotatable bonds is 6. The monoisotopic (exact) mass is 302 g/mol. The Morgan fingerprint density at radius 1 is 1.27 bits per heavy atom. The van der Waals surface area contributed by atoms with Gasteiger partial charge in [0.2, 0.25) is 0 Å². The number of methoxy groups -OCH3 is 1. The second kappa shape index (κ2) is 8.47. The molecule has 0 aliphatic rings. The Morgan fingerprint density at radius 2 is 1.91 bits per heavy atom. The van der Waals surface area contributed by atoms with Crippen molar-refractivity contribution in [1.29, 1.82) is 5.26 Å². The van der Waals surface area contributed by atoms with Crippen LogP contribution in [-0.2, 0) is 14.3 Å². The number of nitriles is 1. The Hall–Kier alpha value is -2.81. The fourth-order valence-corrected chi connectivity index (χ4v) is 1.70. The molecule has 0 heterocycles. The van der Waals surface area contributed by atoms with E-state index in [9.17, 15) is 14.7 Å². The zero-order valence-corrected chi connectivity index (χ0v) is 12.5. The van der Waals surface area contributed by atoms with Gasteiger partial charge in [-0.3, -0.25) is 9.59 Å². The minimum Gasteiger partial charge on any atom is -0.511 e. The first-order valence-electron chi connectivity index (χ1n) is 6.75. The molecule has 0 aliphatic carbocycles. The van der Waals surface area contributed by atoms with Crippen LogP contribution in [0, 0.1) is 18.3 Å². The van der Waals surface area contributed by atoms with Crippen molar-refractivity contribution in [3.63, 3.8) is 0 Å². The summed E-state index contributed by atoms with van der Waals surface area (Å²) in [5.41, 5.74) is 1.22. The summed E-state index contributed by atoms with van der Waals surface area (Å²) in [6, 6.07) is 8.74. The Balaban J connectivity index is 2.70. The van der Waals surface area contributed by atoms with Gasteiger partial charge in [0.25, 0.3) is 5.91 Å². The standard InChI is InChI=1S/C16H18N2O4/c1-11-6-8-12(9-7-11)18-16(21)13(10-17)14(19)4-3-5-15(20)22-2/h6-9,19H,3-5H2,1-2H3,(H,18,21)/b14-13-. The van der Waals surface area contributed by atoms with Gasteiger partial charge in [-0.15, -0.1) is 0 Å². The van der Waals surface area contributed by atoms with Gasteiger partial charge in [0.05, 0.1) is 7.11 Å². The minimum atomic E-state index is -0.679. The van der Waals surface area contributed by atoms with Crippen molar-refractivity contribution in [1.82, 2.24) is 0 Å². The lowest BCUT2D eigenvalue weighted by Gasteiger charge is -2.07. The number of ether oxygens (including phenoxy) is 1. The number of amides is 1. The van der Waals surface area contributed by atoms with Gasteiger partial charge in [0, 0.05) is 18.5 Å². The predicted octanol–water partition coefficient (Wildman–Crippen LogP) is 2.61. The van der Waals surface area contributed by atoms with Crippen LogP contribution in [0.15, 0.2) is 35.6 Å². The van der Waals surface area contributed by atoms with Gasteiger partial charge >= 0.3 is 5.97 Å². The average molecular weight is 302 g/mol. The molecule has 0 spiro atoms. The summed E-state index contributed by atoms with van der Waals surface area (Å²) < 4.78 is 4.47. The molecule has 0 saturated heterocycles. The number of carbonyl (C=O) groups excluding carboxylic acids is 2. The molecule has 6 nitrogen and oxygen atoms in total. The van der Waals surface area contributed by atoms with E-state index in [-0.39, 0.29) is 24.2 Å². The summed E-state index contributed by atoms with van der Waals surface area (Å²) in [6.07, 6.45) is 0.458. The number of nitrogens with one attached hydrogen (secondary N) is 1. The molecule has 0 aliphatic heterocycles. The average Bonchev–Trinajstić information content (AvgIpc) is 2.50. The molecule has 0 fully saturated rings. The normalized spacial score (nSPS) is 11.1. The first-order chi connectivity index (χ1) is 10.5. The van der Waals surface area contributed by atoms with Gasteiger partial charge in [0.15, 0.2) is 5.57 Å². The molecule has 0 aromatic heterocycles.